The number of carbonyl (C=O) groups excluding carboxylic acids is 1. The molecule has 1 rings (SSSR count). The van der Waals surface area contributed by atoms with Crippen molar-refractivity contribution in [1.29, 1.82) is 0 Å². The summed E-state index contributed by atoms with van der Waals surface area (Å²) in [5, 5.41) is 3.81. The van der Waals surface area contributed by atoms with E-state index in [1.807, 2.05) is 13.0 Å². The lowest BCUT2D eigenvalue weighted by Crippen LogP contribution is -2.36. The highest BCUT2D eigenvalue weighted by Crippen LogP contribution is 2.30. The van der Waals surface area contributed by atoms with Crippen LogP contribution in [0.2, 0.25) is 0 Å². The third-order valence-electron chi connectivity index (χ3n) is 3.83. The quantitative estimate of drug-likeness (QED) is 0.416. The Morgan fingerprint density at radius 1 is 1.58 bits per heavy atom. The summed E-state index contributed by atoms with van der Waals surface area (Å²) in [5.41, 5.74) is 9.35. The molecular weight excluding hydrogens is 242 g/mol. The molecule has 1 aliphatic carbocycles. The Hall–Kier alpha value is -1.32. The van der Waals surface area contributed by atoms with Crippen molar-refractivity contribution >= 4 is 5.78 Å². The maximum absolute atomic E-state index is 11.6. The third-order valence-corrected chi connectivity index (χ3v) is 3.83. The number of azide groups is 1. The van der Waals surface area contributed by atoms with Crippen molar-refractivity contribution in [3.8, 4) is 0 Å². The van der Waals surface area contributed by atoms with E-state index in [0.717, 1.165) is 12.8 Å². The molecule has 0 unspecified atom stereocenters. The number of Topliss-reactive ketones (excluding diaryl/α,β-unsaturated/α-hetero) is 1. The summed E-state index contributed by atoms with van der Waals surface area (Å²) in [4.78, 5) is 14.5. The van der Waals surface area contributed by atoms with Crippen molar-refractivity contribution in [3.05, 3.63) is 22.1 Å². The van der Waals surface area contributed by atoms with Gasteiger partial charge in [-0.25, -0.2) is 0 Å². The average Bonchev–Trinajstić information content (AvgIpc) is 2.39. The van der Waals surface area contributed by atoms with Gasteiger partial charge in [0.25, 0.3) is 0 Å². The van der Waals surface area contributed by atoms with E-state index in [1.165, 1.54) is 0 Å². The molecule has 0 fully saturated rings. The number of hydrogen-bond donors (Lipinski definition) is 0. The van der Waals surface area contributed by atoms with Crippen LogP contribution in [0.15, 0.2) is 16.8 Å². The van der Waals surface area contributed by atoms with E-state index < -0.39 is 0 Å². The molecule has 0 N–H and O–H groups in total. The molecule has 3 atom stereocenters. The summed E-state index contributed by atoms with van der Waals surface area (Å²) < 4.78 is 6.05. The lowest BCUT2D eigenvalue weighted by atomic mass is 9.83. The number of ether oxygens (including phenoxy) is 1. The van der Waals surface area contributed by atoms with E-state index in [4.69, 9.17) is 10.3 Å². The topological polar surface area (TPSA) is 75.1 Å². The highest BCUT2D eigenvalue weighted by atomic mass is 16.5. The van der Waals surface area contributed by atoms with Gasteiger partial charge in [0.1, 0.15) is 0 Å². The Morgan fingerprint density at radius 3 is 2.68 bits per heavy atom. The second kappa shape index (κ2) is 7.31. The molecule has 0 aromatic heterocycles. The SMILES string of the molecule is CCC(CC)O[C@@H]1C=C(C(C)=O)C[C@H](N=[N+]=[N-])[C@H]1C. The van der Waals surface area contributed by atoms with Crippen molar-refractivity contribution < 1.29 is 9.53 Å². The molecule has 0 saturated heterocycles. The third kappa shape index (κ3) is 4.08. The molecule has 0 saturated carbocycles. The Morgan fingerprint density at radius 2 is 2.21 bits per heavy atom. The van der Waals surface area contributed by atoms with Gasteiger partial charge in [0.05, 0.1) is 12.2 Å². The van der Waals surface area contributed by atoms with Crippen molar-refractivity contribution in [2.45, 2.75) is 65.2 Å². The second-order valence-corrected chi connectivity index (χ2v) is 5.12. The van der Waals surface area contributed by atoms with Crippen LogP contribution in [0.4, 0.5) is 0 Å². The smallest absolute Gasteiger partial charge is 0.155 e. The van der Waals surface area contributed by atoms with Crippen molar-refractivity contribution in [1.82, 2.24) is 0 Å². The number of hydrogen-bond acceptors (Lipinski definition) is 3. The van der Waals surface area contributed by atoms with E-state index in [9.17, 15) is 4.79 Å². The van der Waals surface area contributed by atoms with Crippen molar-refractivity contribution in [2.75, 3.05) is 0 Å². The van der Waals surface area contributed by atoms with Gasteiger partial charge in [-0.3, -0.25) is 4.79 Å². The minimum atomic E-state index is -0.201. The number of ketones is 1. The van der Waals surface area contributed by atoms with Gasteiger partial charge in [0, 0.05) is 11.0 Å². The molecular formula is C14H23N3O2. The fraction of sp³-hybridized carbons (Fsp3) is 0.786. The Balaban J connectivity index is 2.94. The predicted molar refractivity (Wildman–Crippen MR) is 74.7 cm³/mol. The first kappa shape index (κ1) is 15.7. The maximum Gasteiger partial charge on any atom is 0.155 e. The molecule has 0 amide bonds. The van der Waals surface area contributed by atoms with Crippen molar-refractivity contribution in [3.63, 3.8) is 0 Å². The first-order valence-corrected chi connectivity index (χ1v) is 6.94. The molecule has 0 heterocycles. The van der Waals surface area contributed by atoms with Crippen LogP contribution in [0.3, 0.4) is 0 Å². The molecule has 0 radical (unpaired) electrons. The highest BCUT2D eigenvalue weighted by molar-refractivity contribution is 5.93. The Labute approximate surface area is 114 Å². The Kier molecular flexibility index (Phi) is 6.06. The highest BCUT2D eigenvalue weighted by Gasteiger charge is 2.32. The van der Waals surface area contributed by atoms with Gasteiger partial charge < -0.3 is 4.74 Å². The minimum Gasteiger partial charge on any atom is -0.371 e. The molecule has 0 spiro atoms. The fourth-order valence-electron chi connectivity index (χ4n) is 2.39. The van der Waals surface area contributed by atoms with Gasteiger partial charge in [-0.2, -0.15) is 0 Å². The standard InChI is InChI=1S/C14H23N3O2/c1-5-12(6-2)19-14-8-11(10(4)18)7-13(9(14)3)16-17-15/h8-9,12-14H,5-7H2,1-4H3/t9-,13+,14-/m1/s1. The molecule has 0 bridgehead atoms. The minimum absolute atomic E-state index is 0.0307. The molecule has 19 heavy (non-hydrogen) atoms. The summed E-state index contributed by atoms with van der Waals surface area (Å²) in [6, 6.07) is -0.201. The van der Waals surface area contributed by atoms with Crippen LogP contribution in [0.25, 0.3) is 10.4 Å². The summed E-state index contributed by atoms with van der Waals surface area (Å²) in [6.45, 7) is 7.73. The molecule has 5 nitrogen and oxygen atoms in total. The van der Waals surface area contributed by atoms with E-state index in [-0.39, 0.29) is 30.0 Å². The van der Waals surface area contributed by atoms with Gasteiger partial charge in [-0.1, -0.05) is 25.9 Å². The van der Waals surface area contributed by atoms with Crippen LogP contribution in [-0.4, -0.2) is 24.0 Å². The lowest BCUT2D eigenvalue weighted by Gasteiger charge is -2.34. The monoisotopic (exact) mass is 265 g/mol. The lowest BCUT2D eigenvalue weighted by molar-refractivity contribution is -0.114. The first-order valence-electron chi connectivity index (χ1n) is 6.94. The molecule has 0 aliphatic heterocycles. The van der Waals surface area contributed by atoms with E-state index >= 15 is 0 Å². The van der Waals surface area contributed by atoms with E-state index in [1.54, 1.807) is 6.92 Å². The number of rotatable bonds is 6. The zero-order valence-corrected chi connectivity index (χ0v) is 12.2. The van der Waals surface area contributed by atoms with E-state index in [2.05, 4.69) is 23.9 Å². The maximum atomic E-state index is 11.6. The van der Waals surface area contributed by atoms with Gasteiger partial charge in [-0.15, -0.1) is 0 Å². The fourth-order valence-corrected chi connectivity index (χ4v) is 2.39. The van der Waals surface area contributed by atoms with Gasteiger partial charge in [0.15, 0.2) is 5.78 Å². The summed E-state index contributed by atoms with van der Waals surface area (Å²) in [6.07, 6.45) is 4.34. The average molecular weight is 265 g/mol. The largest absolute Gasteiger partial charge is 0.371 e. The summed E-state index contributed by atoms with van der Waals surface area (Å²) in [7, 11) is 0. The number of nitrogens with zero attached hydrogens (tertiary/aromatic N) is 3. The summed E-state index contributed by atoms with van der Waals surface area (Å²) >= 11 is 0. The number of carbonyl (C=O) groups is 1. The second-order valence-electron chi connectivity index (χ2n) is 5.12. The normalized spacial score (nSPS) is 26.8. The first-order chi connectivity index (χ1) is 9.03. The van der Waals surface area contributed by atoms with Gasteiger partial charge in [0.2, 0.25) is 0 Å². The molecule has 106 valence electrons. The molecule has 5 heteroatoms. The summed E-state index contributed by atoms with van der Waals surface area (Å²) in [5.74, 6) is 0.128. The van der Waals surface area contributed by atoms with Crippen LogP contribution < -0.4 is 0 Å². The zero-order valence-electron chi connectivity index (χ0n) is 12.2. The van der Waals surface area contributed by atoms with Crippen LogP contribution in [0, 0.1) is 5.92 Å². The van der Waals surface area contributed by atoms with Crippen LogP contribution in [0.5, 0.6) is 0 Å². The van der Waals surface area contributed by atoms with Crippen LogP contribution >= 0.6 is 0 Å². The van der Waals surface area contributed by atoms with Crippen LogP contribution in [0.1, 0.15) is 47.0 Å². The zero-order chi connectivity index (χ0) is 14.4. The molecule has 0 aromatic rings. The molecule has 1 aliphatic rings. The van der Waals surface area contributed by atoms with Crippen LogP contribution in [-0.2, 0) is 9.53 Å². The van der Waals surface area contributed by atoms with Gasteiger partial charge in [-0.05, 0) is 49.3 Å². The Bertz CT molecular complexity index is 395. The van der Waals surface area contributed by atoms with Gasteiger partial charge >= 0.3 is 0 Å². The predicted octanol–water partition coefficient (Wildman–Crippen LogP) is 3.79. The van der Waals surface area contributed by atoms with Crippen molar-refractivity contribution in [2.24, 2.45) is 11.0 Å². The van der Waals surface area contributed by atoms with E-state index in [0.29, 0.717) is 12.0 Å². The molecule has 0 aromatic carbocycles.